The van der Waals surface area contributed by atoms with Crippen LogP contribution in [0.5, 0.6) is 17.4 Å². The number of H-pyrrole nitrogens is 1. The number of aromatic amines is 1. The Morgan fingerprint density at radius 1 is 1.00 bits per heavy atom. The minimum atomic E-state index is -0.291. The minimum absolute atomic E-state index is 0.118. The molecule has 3 aromatic carbocycles. The number of fused-ring (bicyclic) bond motifs is 1. The fraction of sp³-hybridized carbons (Fsp3) is 0.241. The molecule has 8 heteroatoms. The number of nitrogens with zero attached hydrogens (tertiary/aromatic N) is 1. The summed E-state index contributed by atoms with van der Waals surface area (Å²) in [5.41, 5.74) is 4.56. The third-order valence-corrected chi connectivity index (χ3v) is 6.98. The third-order valence-electron chi connectivity index (χ3n) is 6.06. The van der Waals surface area contributed by atoms with Crippen LogP contribution in [0.2, 0.25) is 0 Å². The Morgan fingerprint density at radius 3 is 2.62 bits per heavy atom. The van der Waals surface area contributed by atoms with Crippen molar-refractivity contribution in [3.63, 3.8) is 0 Å². The summed E-state index contributed by atoms with van der Waals surface area (Å²) in [5, 5.41) is 15.3. The van der Waals surface area contributed by atoms with Gasteiger partial charge < -0.3 is 19.1 Å². The summed E-state index contributed by atoms with van der Waals surface area (Å²) in [7, 11) is 0. The maximum atomic E-state index is 11.5. The van der Waals surface area contributed by atoms with Crippen LogP contribution in [0.15, 0.2) is 76.0 Å². The standard InChI is InChI=1S/C29H28N2O5S/c1-2-9-21-22(26-23-12-3-4-14-25(23)36-31-26)13-8-15-24(21)35-17-6-5-16-34-20-11-7-10-19(18-20)27-28(32)30-29(33)37-27/h3-4,7-8,10-15,18,32H,2,5-6,9,16-17H2,1H3,(H,30,33). The van der Waals surface area contributed by atoms with Crippen LogP contribution in [0.4, 0.5) is 0 Å². The normalized spacial score (nSPS) is 11.2. The third kappa shape index (κ3) is 5.54. The molecule has 0 saturated carbocycles. The second-order valence-electron chi connectivity index (χ2n) is 8.68. The van der Waals surface area contributed by atoms with Gasteiger partial charge in [0.1, 0.15) is 17.2 Å². The van der Waals surface area contributed by atoms with Crippen LogP contribution in [0.25, 0.3) is 32.7 Å². The van der Waals surface area contributed by atoms with E-state index in [1.54, 1.807) is 0 Å². The van der Waals surface area contributed by atoms with E-state index in [2.05, 4.69) is 23.1 Å². The fourth-order valence-electron chi connectivity index (χ4n) is 4.33. The highest BCUT2D eigenvalue weighted by molar-refractivity contribution is 7.13. The zero-order chi connectivity index (χ0) is 25.6. The molecule has 0 fully saturated rings. The first-order chi connectivity index (χ1) is 18.1. The van der Waals surface area contributed by atoms with Crippen molar-refractivity contribution >= 4 is 22.3 Å². The molecule has 2 N–H and O–H groups in total. The summed E-state index contributed by atoms with van der Waals surface area (Å²) >= 11 is 0.972. The molecule has 2 heterocycles. The van der Waals surface area contributed by atoms with E-state index in [0.717, 1.165) is 76.1 Å². The molecule has 0 saturated heterocycles. The van der Waals surface area contributed by atoms with E-state index in [-0.39, 0.29) is 10.8 Å². The molecule has 0 aliphatic rings. The highest BCUT2D eigenvalue weighted by Gasteiger charge is 2.17. The Kier molecular flexibility index (Phi) is 7.56. The van der Waals surface area contributed by atoms with Crippen LogP contribution in [0.1, 0.15) is 31.7 Å². The topological polar surface area (TPSA) is 97.6 Å². The Bertz CT molecular complexity index is 1550. The number of unbranched alkanes of at least 4 members (excludes halogenated alkanes) is 1. The number of thiazole rings is 1. The van der Waals surface area contributed by atoms with Gasteiger partial charge in [0.15, 0.2) is 5.58 Å². The summed E-state index contributed by atoms with van der Waals surface area (Å²) in [6.45, 7) is 3.27. The van der Waals surface area contributed by atoms with Gasteiger partial charge >= 0.3 is 4.87 Å². The van der Waals surface area contributed by atoms with E-state index in [1.165, 1.54) is 0 Å². The first-order valence-corrected chi connectivity index (χ1v) is 13.2. The predicted molar refractivity (Wildman–Crippen MR) is 146 cm³/mol. The predicted octanol–water partition coefficient (Wildman–Crippen LogP) is 6.81. The smallest absolute Gasteiger partial charge is 0.307 e. The first kappa shape index (κ1) is 24.6. The number of nitrogens with one attached hydrogen (secondary N) is 1. The van der Waals surface area contributed by atoms with Crippen LogP contribution in [-0.4, -0.2) is 28.5 Å². The van der Waals surface area contributed by atoms with Crippen molar-refractivity contribution in [2.75, 3.05) is 13.2 Å². The van der Waals surface area contributed by atoms with Gasteiger partial charge in [-0.3, -0.25) is 9.78 Å². The zero-order valence-corrected chi connectivity index (χ0v) is 21.3. The molecule has 0 radical (unpaired) electrons. The first-order valence-electron chi connectivity index (χ1n) is 12.4. The molecule has 7 nitrogen and oxygen atoms in total. The number of hydrogen-bond donors (Lipinski definition) is 2. The second-order valence-corrected chi connectivity index (χ2v) is 9.67. The summed E-state index contributed by atoms with van der Waals surface area (Å²) < 4.78 is 17.7. The van der Waals surface area contributed by atoms with Gasteiger partial charge in [-0.05, 0) is 49.6 Å². The van der Waals surface area contributed by atoms with Crippen molar-refractivity contribution in [2.24, 2.45) is 0 Å². The Labute approximate surface area is 218 Å². The fourth-order valence-corrected chi connectivity index (χ4v) is 5.06. The van der Waals surface area contributed by atoms with Crippen molar-refractivity contribution in [3.8, 4) is 39.1 Å². The van der Waals surface area contributed by atoms with E-state index >= 15 is 0 Å². The molecule has 0 atom stereocenters. The molecule has 0 spiro atoms. The van der Waals surface area contributed by atoms with Gasteiger partial charge in [0.05, 0.1) is 18.1 Å². The van der Waals surface area contributed by atoms with Crippen LogP contribution >= 0.6 is 11.3 Å². The largest absolute Gasteiger partial charge is 0.494 e. The molecule has 0 amide bonds. The maximum absolute atomic E-state index is 11.5. The summed E-state index contributed by atoms with van der Waals surface area (Å²) in [6.07, 6.45) is 3.54. The zero-order valence-electron chi connectivity index (χ0n) is 20.5. The molecular weight excluding hydrogens is 488 g/mol. The molecule has 2 aromatic heterocycles. The van der Waals surface area contributed by atoms with Gasteiger partial charge in [0.2, 0.25) is 5.88 Å². The maximum Gasteiger partial charge on any atom is 0.307 e. The average Bonchev–Trinajstić information content (AvgIpc) is 3.49. The molecule has 190 valence electrons. The van der Waals surface area contributed by atoms with E-state index in [0.29, 0.717) is 23.8 Å². The van der Waals surface area contributed by atoms with Crippen LogP contribution in [0.3, 0.4) is 0 Å². The lowest BCUT2D eigenvalue weighted by Gasteiger charge is -2.14. The summed E-state index contributed by atoms with van der Waals surface area (Å²) in [6, 6.07) is 21.4. The lowest BCUT2D eigenvalue weighted by atomic mass is 9.97. The van der Waals surface area contributed by atoms with Crippen LogP contribution in [0, 0.1) is 0 Å². The van der Waals surface area contributed by atoms with Gasteiger partial charge in [-0.1, -0.05) is 66.2 Å². The molecule has 0 bridgehead atoms. The quantitative estimate of drug-likeness (QED) is 0.187. The van der Waals surface area contributed by atoms with Crippen LogP contribution in [-0.2, 0) is 6.42 Å². The van der Waals surface area contributed by atoms with E-state index < -0.39 is 0 Å². The number of hydrogen-bond acceptors (Lipinski definition) is 7. The lowest BCUT2D eigenvalue weighted by molar-refractivity contribution is 0.265. The van der Waals surface area contributed by atoms with Crippen LogP contribution < -0.4 is 14.3 Å². The van der Waals surface area contributed by atoms with Crippen molar-refractivity contribution in [2.45, 2.75) is 32.6 Å². The summed E-state index contributed by atoms with van der Waals surface area (Å²) in [5.74, 6) is 1.45. The van der Waals surface area contributed by atoms with E-state index in [1.807, 2.05) is 60.7 Å². The Balaban J connectivity index is 1.18. The number of para-hydroxylation sites is 1. The monoisotopic (exact) mass is 516 g/mol. The molecule has 0 aliphatic carbocycles. The molecule has 37 heavy (non-hydrogen) atoms. The Hall–Kier alpha value is -4.04. The van der Waals surface area contributed by atoms with Crippen molar-refractivity contribution < 1.29 is 19.1 Å². The highest BCUT2D eigenvalue weighted by Crippen LogP contribution is 2.35. The van der Waals surface area contributed by atoms with Gasteiger partial charge in [0, 0.05) is 22.1 Å². The van der Waals surface area contributed by atoms with Crippen molar-refractivity contribution in [3.05, 3.63) is 82.0 Å². The van der Waals surface area contributed by atoms with Crippen molar-refractivity contribution in [1.29, 1.82) is 0 Å². The lowest BCUT2D eigenvalue weighted by Crippen LogP contribution is -2.04. The number of rotatable bonds is 11. The van der Waals surface area contributed by atoms with Crippen molar-refractivity contribution in [1.82, 2.24) is 10.1 Å². The number of aromatic hydroxyl groups is 1. The molecule has 0 unspecified atom stereocenters. The highest BCUT2D eigenvalue weighted by atomic mass is 32.1. The van der Waals surface area contributed by atoms with Gasteiger partial charge in [-0.15, -0.1) is 0 Å². The Morgan fingerprint density at radius 2 is 1.81 bits per heavy atom. The molecule has 5 rings (SSSR count). The van der Waals surface area contributed by atoms with Gasteiger partial charge in [-0.25, -0.2) is 0 Å². The van der Waals surface area contributed by atoms with Gasteiger partial charge in [-0.2, -0.15) is 0 Å². The van der Waals surface area contributed by atoms with E-state index in [4.69, 9.17) is 14.0 Å². The number of ether oxygens (including phenoxy) is 2. The minimum Gasteiger partial charge on any atom is -0.494 e. The SMILES string of the molecule is CCCc1c(OCCCCOc2cccc(-c3sc(=O)[nH]c3O)c2)cccc1-c1noc2ccccc12. The molecule has 5 aromatic rings. The van der Waals surface area contributed by atoms with E-state index in [9.17, 15) is 9.90 Å². The van der Waals surface area contributed by atoms with Gasteiger partial charge in [0.25, 0.3) is 0 Å². The molecule has 0 aliphatic heterocycles. The number of aromatic nitrogens is 2. The summed E-state index contributed by atoms with van der Waals surface area (Å²) in [4.78, 5) is 14.1. The number of benzene rings is 3. The second kappa shape index (κ2) is 11.3. The average molecular weight is 517 g/mol. The molecular formula is C29H28N2O5S.